The molecule has 0 aliphatic rings. The van der Waals surface area contributed by atoms with E-state index in [1.165, 1.54) is 24.4 Å². The minimum absolute atomic E-state index is 0.278. The van der Waals surface area contributed by atoms with Crippen LogP contribution < -0.4 is 10.6 Å². The highest BCUT2D eigenvalue weighted by molar-refractivity contribution is 6.30. The Kier molecular flexibility index (Phi) is 5.56. The van der Waals surface area contributed by atoms with Gasteiger partial charge in [0.1, 0.15) is 12.4 Å². The predicted molar refractivity (Wildman–Crippen MR) is 115 cm³/mol. The number of rotatable bonds is 5. The van der Waals surface area contributed by atoms with Gasteiger partial charge in [-0.3, -0.25) is 9.78 Å². The summed E-state index contributed by atoms with van der Waals surface area (Å²) in [7, 11) is 0. The molecule has 0 spiro atoms. The Morgan fingerprint density at radius 1 is 1.07 bits per heavy atom. The number of hydrogen-bond acceptors (Lipinski definition) is 5. The predicted octanol–water partition coefficient (Wildman–Crippen LogP) is 4.76. The van der Waals surface area contributed by atoms with Crippen molar-refractivity contribution in [3.8, 4) is 11.3 Å². The van der Waals surface area contributed by atoms with Crippen molar-refractivity contribution in [1.82, 2.24) is 9.97 Å². The van der Waals surface area contributed by atoms with E-state index in [1.54, 1.807) is 18.3 Å². The normalized spacial score (nSPS) is 10.8. The van der Waals surface area contributed by atoms with Gasteiger partial charge in [-0.25, -0.2) is 9.37 Å². The Bertz CT molecular complexity index is 1250. The molecule has 0 radical (unpaired) electrons. The largest absolute Gasteiger partial charge is 0.387 e. The molecule has 30 heavy (non-hydrogen) atoms. The Morgan fingerprint density at radius 2 is 1.90 bits per heavy atom. The summed E-state index contributed by atoms with van der Waals surface area (Å²) in [5.41, 5.74) is 2.95. The van der Waals surface area contributed by atoms with Gasteiger partial charge in [0, 0.05) is 22.2 Å². The van der Waals surface area contributed by atoms with Gasteiger partial charge in [0.2, 0.25) is 5.91 Å². The number of aliphatic hydroxyl groups excluding tert-OH is 1. The molecule has 3 N–H and O–H groups in total. The zero-order valence-electron chi connectivity index (χ0n) is 15.6. The van der Waals surface area contributed by atoms with Crippen LogP contribution >= 0.6 is 11.6 Å². The van der Waals surface area contributed by atoms with Crippen molar-refractivity contribution in [3.05, 3.63) is 77.8 Å². The fraction of sp³-hybridized carbons (Fsp3) is 0.0455. The number of aliphatic hydroxyl groups is 1. The molecule has 2 aromatic carbocycles. The van der Waals surface area contributed by atoms with E-state index in [4.69, 9.17) is 16.7 Å². The van der Waals surface area contributed by atoms with Crippen LogP contribution in [0.5, 0.6) is 0 Å². The van der Waals surface area contributed by atoms with Crippen LogP contribution in [0, 0.1) is 5.82 Å². The van der Waals surface area contributed by atoms with Crippen LogP contribution in [0.1, 0.15) is 0 Å². The molecule has 2 aromatic heterocycles. The Labute approximate surface area is 176 Å². The molecule has 0 saturated carbocycles. The topological polar surface area (TPSA) is 87.1 Å². The van der Waals surface area contributed by atoms with E-state index in [1.807, 2.05) is 24.3 Å². The number of pyridine rings is 2. The molecule has 1 amide bonds. The van der Waals surface area contributed by atoms with Crippen molar-refractivity contribution in [2.45, 2.75) is 0 Å². The van der Waals surface area contributed by atoms with Crippen LogP contribution in [0.2, 0.25) is 5.02 Å². The van der Waals surface area contributed by atoms with Gasteiger partial charge in [-0.1, -0.05) is 29.8 Å². The number of benzene rings is 2. The third-order valence-electron chi connectivity index (χ3n) is 4.43. The zero-order chi connectivity index (χ0) is 21.1. The zero-order valence-corrected chi connectivity index (χ0v) is 16.3. The molecule has 150 valence electrons. The number of para-hydroxylation sites is 1. The van der Waals surface area contributed by atoms with Crippen molar-refractivity contribution in [2.24, 2.45) is 0 Å². The molecular weight excluding hydrogens is 407 g/mol. The number of fused-ring (bicyclic) bond motifs is 1. The molecule has 8 heteroatoms. The molecule has 0 atom stereocenters. The number of amides is 1. The van der Waals surface area contributed by atoms with E-state index < -0.39 is 18.3 Å². The summed E-state index contributed by atoms with van der Waals surface area (Å²) >= 11 is 6.06. The SMILES string of the molecule is O=C(CO)Nc1cnccc1Nc1cc(-c2cc(Cl)ccc2F)nc2ccccc12. The summed E-state index contributed by atoms with van der Waals surface area (Å²) in [4.78, 5) is 20.2. The maximum absolute atomic E-state index is 14.5. The Hall–Kier alpha value is -3.55. The minimum atomic E-state index is -0.648. The fourth-order valence-electron chi connectivity index (χ4n) is 3.05. The number of nitrogens with one attached hydrogen (secondary N) is 2. The van der Waals surface area contributed by atoms with Gasteiger partial charge in [-0.05, 0) is 36.4 Å². The van der Waals surface area contributed by atoms with Gasteiger partial charge in [0.05, 0.1) is 34.5 Å². The first kappa shape index (κ1) is 19.8. The number of hydrogen-bond donors (Lipinski definition) is 3. The molecule has 4 rings (SSSR count). The minimum Gasteiger partial charge on any atom is -0.387 e. The molecule has 0 aliphatic carbocycles. The van der Waals surface area contributed by atoms with Gasteiger partial charge < -0.3 is 15.7 Å². The quantitative estimate of drug-likeness (QED) is 0.431. The molecule has 0 fully saturated rings. The molecule has 4 aromatic rings. The van der Waals surface area contributed by atoms with Gasteiger partial charge in [-0.15, -0.1) is 0 Å². The first-order valence-electron chi connectivity index (χ1n) is 9.02. The first-order chi connectivity index (χ1) is 14.5. The molecule has 0 saturated heterocycles. The lowest BCUT2D eigenvalue weighted by atomic mass is 10.1. The van der Waals surface area contributed by atoms with E-state index in [0.717, 1.165) is 5.39 Å². The summed E-state index contributed by atoms with van der Waals surface area (Å²) in [6, 6.07) is 15.1. The highest BCUT2D eigenvalue weighted by atomic mass is 35.5. The second kappa shape index (κ2) is 8.44. The van der Waals surface area contributed by atoms with Crippen molar-refractivity contribution < 1.29 is 14.3 Å². The summed E-state index contributed by atoms with van der Waals surface area (Å²) < 4.78 is 14.5. The van der Waals surface area contributed by atoms with E-state index in [9.17, 15) is 9.18 Å². The second-order valence-electron chi connectivity index (χ2n) is 6.45. The molecule has 6 nitrogen and oxygen atoms in total. The first-order valence-corrected chi connectivity index (χ1v) is 9.40. The molecule has 0 bridgehead atoms. The lowest BCUT2D eigenvalue weighted by molar-refractivity contribution is -0.118. The summed E-state index contributed by atoms with van der Waals surface area (Å²) in [5.74, 6) is -1.000. The number of halogens is 2. The highest BCUT2D eigenvalue weighted by Gasteiger charge is 2.13. The maximum atomic E-state index is 14.5. The number of carbonyl (C=O) groups is 1. The van der Waals surface area contributed by atoms with Gasteiger partial charge in [0.15, 0.2) is 0 Å². The monoisotopic (exact) mass is 422 g/mol. The lowest BCUT2D eigenvalue weighted by Crippen LogP contribution is -2.16. The van der Waals surface area contributed by atoms with Crippen LogP contribution in [0.3, 0.4) is 0 Å². The number of carbonyl (C=O) groups excluding carboxylic acids is 1. The average molecular weight is 423 g/mol. The molecule has 0 unspecified atom stereocenters. The van der Waals surface area contributed by atoms with Gasteiger partial charge in [0.25, 0.3) is 0 Å². The van der Waals surface area contributed by atoms with Crippen LogP contribution in [0.25, 0.3) is 22.2 Å². The van der Waals surface area contributed by atoms with Crippen molar-refractivity contribution in [3.63, 3.8) is 0 Å². The van der Waals surface area contributed by atoms with Crippen molar-refractivity contribution in [1.29, 1.82) is 0 Å². The van der Waals surface area contributed by atoms with Crippen LogP contribution in [0.15, 0.2) is 67.0 Å². The third kappa shape index (κ3) is 4.07. The average Bonchev–Trinajstić information content (AvgIpc) is 2.76. The number of nitrogens with zero attached hydrogens (tertiary/aromatic N) is 2. The summed E-state index contributed by atoms with van der Waals surface area (Å²) in [6.45, 7) is -0.648. The maximum Gasteiger partial charge on any atom is 0.250 e. The molecule has 0 aliphatic heterocycles. The van der Waals surface area contributed by atoms with E-state index in [-0.39, 0.29) is 5.56 Å². The second-order valence-corrected chi connectivity index (χ2v) is 6.89. The number of anilines is 3. The Morgan fingerprint density at radius 3 is 2.73 bits per heavy atom. The van der Waals surface area contributed by atoms with E-state index in [0.29, 0.717) is 33.3 Å². The summed E-state index contributed by atoms with van der Waals surface area (Å²) in [6.07, 6.45) is 3.04. The molecule has 2 heterocycles. The Balaban J connectivity index is 1.84. The van der Waals surface area contributed by atoms with Crippen LogP contribution in [-0.2, 0) is 4.79 Å². The van der Waals surface area contributed by atoms with Crippen molar-refractivity contribution in [2.75, 3.05) is 17.2 Å². The number of aromatic nitrogens is 2. The van der Waals surface area contributed by atoms with Gasteiger partial charge >= 0.3 is 0 Å². The van der Waals surface area contributed by atoms with Gasteiger partial charge in [-0.2, -0.15) is 0 Å². The smallest absolute Gasteiger partial charge is 0.250 e. The van der Waals surface area contributed by atoms with Crippen molar-refractivity contribution >= 4 is 45.5 Å². The fourth-order valence-corrected chi connectivity index (χ4v) is 3.22. The van der Waals surface area contributed by atoms with E-state index >= 15 is 0 Å². The third-order valence-corrected chi connectivity index (χ3v) is 4.66. The van der Waals surface area contributed by atoms with Crippen LogP contribution in [-0.4, -0.2) is 27.6 Å². The molecular formula is C22H16ClFN4O2. The standard InChI is InChI=1S/C22H16ClFN4O2/c23-13-5-6-16(24)15(9-13)20-10-19(14-3-1-2-4-17(14)26-20)27-18-7-8-25-11-21(18)28-22(30)12-29/h1-11,29H,12H2,(H,28,30)(H,25,26,27). The van der Waals surface area contributed by atoms with E-state index in [2.05, 4.69) is 20.6 Å². The lowest BCUT2D eigenvalue weighted by Gasteiger charge is -2.15. The highest BCUT2D eigenvalue weighted by Crippen LogP contribution is 2.34. The summed E-state index contributed by atoms with van der Waals surface area (Å²) in [5, 5.41) is 16.1. The van der Waals surface area contributed by atoms with Crippen LogP contribution in [0.4, 0.5) is 21.5 Å².